The summed E-state index contributed by atoms with van der Waals surface area (Å²) < 4.78 is 27.3. The Bertz CT molecular complexity index is 510. The zero-order valence-corrected chi connectivity index (χ0v) is 8.86. The maximum Gasteiger partial charge on any atom is 0.264 e. The first-order valence-corrected chi connectivity index (χ1v) is 6.88. The van der Waals surface area contributed by atoms with E-state index in [9.17, 15) is 8.42 Å². The van der Waals surface area contributed by atoms with Crippen LogP contribution in [0.4, 0.5) is 0 Å². The van der Waals surface area contributed by atoms with Gasteiger partial charge in [-0.05, 0) is 11.8 Å². The average molecular weight is 226 g/mol. The molecule has 7 atom stereocenters. The van der Waals surface area contributed by atoms with Gasteiger partial charge in [-0.25, -0.2) is 0 Å². The van der Waals surface area contributed by atoms with Gasteiger partial charge in [-0.15, -0.1) is 0 Å². The number of nitriles is 1. The van der Waals surface area contributed by atoms with E-state index in [0.717, 1.165) is 6.26 Å². The largest absolute Gasteiger partial charge is 0.305 e. The summed E-state index contributed by atoms with van der Waals surface area (Å²) in [5, 5.41) is 12.3. The second-order valence-corrected chi connectivity index (χ2v) is 6.71. The van der Waals surface area contributed by atoms with Crippen molar-refractivity contribution in [1.82, 2.24) is 5.32 Å². The minimum atomic E-state index is -3.41. The second kappa shape index (κ2) is 1.95. The molecule has 1 N–H and O–H groups in total. The van der Waals surface area contributed by atoms with Gasteiger partial charge >= 0.3 is 0 Å². The zero-order valence-electron chi connectivity index (χ0n) is 8.04. The van der Waals surface area contributed by atoms with Crippen molar-refractivity contribution in [3.63, 3.8) is 0 Å². The smallest absolute Gasteiger partial charge is 0.264 e. The molecule has 5 rings (SSSR count). The molecule has 15 heavy (non-hydrogen) atoms. The molecule has 0 unspecified atom stereocenters. The SMILES string of the molecule is CS(=O)(=O)O[C@@H]1[C@H]2N[C@H]2[C@H]2[C@H]3[C@@H]1[C@]32C#N. The summed E-state index contributed by atoms with van der Waals surface area (Å²) in [6.45, 7) is 0. The van der Waals surface area contributed by atoms with Gasteiger partial charge in [-0.2, -0.15) is 13.7 Å². The normalized spacial score (nSPS) is 62.4. The third-order valence-corrected chi connectivity index (χ3v) is 5.02. The van der Waals surface area contributed by atoms with Crippen molar-refractivity contribution in [2.24, 2.45) is 23.2 Å². The average Bonchev–Trinajstić information content (AvgIpc) is 2.98. The van der Waals surface area contributed by atoms with E-state index in [-0.39, 0.29) is 23.5 Å². The lowest BCUT2D eigenvalue weighted by molar-refractivity contribution is 0.114. The van der Waals surface area contributed by atoms with Crippen molar-refractivity contribution < 1.29 is 12.6 Å². The third-order valence-electron chi connectivity index (χ3n) is 4.45. The number of rotatable bonds is 2. The van der Waals surface area contributed by atoms with Crippen LogP contribution >= 0.6 is 0 Å². The fourth-order valence-electron chi connectivity index (χ4n) is 3.81. The standard InChI is InChI=1S/C9H10N2O3S/c1-15(12,13)14-8-5-3-4(6-7(8)11-6)9(3,5)2-10/h3-8,11H,1H3/t3-,4+,5-,6-,7-,8-,9+/m0/s1. The Hall–Kier alpha value is -0.640. The highest BCUT2D eigenvalue weighted by Gasteiger charge is 2.97. The number of hydrogen-bond donors (Lipinski definition) is 1. The van der Waals surface area contributed by atoms with Crippen LogP contribution in [-0.4, -0.2) is 32.9 Å². The lowest BCUT2D eigenvalue weighted by Gasteiger charge is -2.27. The molecule has 5 aliphatic rings. The summed E-state index contributed by atoms with van der Waals surface area (Å²) in [7, 11) is -3.41. The van der Waals surface area contributed by atoms with Gasteiger partial charge in [0.1, 0.15) is 0 Å². The van der Waals surface area contributed by atoms with Crippen molar-refractivity contribution in [2.45, 2.75) is 18.2 Å². The summed E-state index contributed by atoms with van der Waals surface area (Å²) in [6.07, 6.45) is 0.781. The van der Waals surface area contributed by atoms with Crippen LogP contribution in [0, 0.1) is 34.5 Å². The van der Waals surface area contributed by atoms with E-state index >= 15 is 0 Å². The summed E-state index contributed by atoms with van der Waals surface area (Å²) in [4.78, 5) is 0. The van der Waals surface area contributed by atoms with Crippen LogP contribution in [0.25, 0.3) is 0 Å². The predicted octanol–water partition coefficient (Wildman–Crippen LogP) is -0.929. The molecule has 1 heterocycles. The van der Waals surface area contributed by atoms with Crippen LogP contribution in [0.15, 0.2) is 0 Å². The van der Waals surface area contributed by atoms with Crippen molar-refractivity contribution in [3.05, 3.63) is 0 Å². The number of nitrogens with zero attached hydrogens (tertiary/aromatic N) is 1. The summed E-state index contributed by atoms with van der Waals surface area (Å²) >= 11 is 0. The lowest BCUT2D eigenvalue weighted by atomic mass is 9.81. The quantitative estimate of drug-likeness (QED) is 0.485. The monoisotopic (exact) mass is 226 g/mol. The minimum Gasteiger partial charge on any atom is -0.305 e. The molecule has 0 aromatic rings. The molecule has 1 aliphatic heterocycles. The molecule has 4 aliphatic carbocycles. The van der Waals surface area contributed by atoms with Gasteiger partial charge < -0.3 is 5.32 Å². The van der Waals surface area contributed by atoms with Gasteiger partial charge in [-0.3, -0.25) is 4.18 Å². The Kier molecular flexibility index (Phi) is 1.11. The van der Waals surface area contributed by atoms with Crippen LogP contribution < -0.4 is 5.32 Å². The van der Waals surface area contributed by atoms with Gasteiger partial charge in [0.15, 0.2) is 0 Å². The van der Waals surface area contributed by atoms with Crippen molar-refractivity contribution in [3.8, 4) is 6.07 Å². The molecule has 1 saturated heterocycles. The highest BCUT2D eigenvalue weighted by atomic mass is 32.2. The first-order chi connectivity index (χ1) is 7.00. The summed E-state index contributed by atoms with van der Waals surface area (Å²) in [5.41, 5.74) is -0.222. The fourth-order valence-corrected chi connectivity index (χ4v) is 4.46. The van der Waals surface area contributed by atoms with Crippen LogP contribution in [0.1, 0.15) is 0 Å². The van der Waals surface area contributed by atoms with E-state index in [1.807, 2.05) is 0 Å². The molecule has 0 spiro atoms. The van der Waals surface area contributed by atoms with E-state index in [0.29, 0.717) is 17.9 Å². The van der Waals surface area contributed by atoms with E-state index in [4.69, 9.17) is 9.44 Å². The number of nitrogens with one attached hydrogen (secondary N) is 1. The van der Waals surface area contributed by atoms with Gasteiger partial charge in [-0.1, -0.05) is 0 Å². The zero-order chi connectivity index (χ0) is 10.6. The summed E-state index contributed by atoms with van der Waals surface area (Å²) in [5.74, 6) is 1.06. The maximum absolute atomic E-state index is 11.1. The molecule has 6 heteroatoms. The van der Waals surface area contributed by atoms with Gasteiger partial charge in [0.2, 0.25) is 0 Å². The van der Waals surface area contributed by atoms with E-state index in [1.54, 1.807) is 0 Å². The Morgan fingerprint density at radius 2 is 2.07 bits per heavy atom. The Labute approximate surface area is 87.5 Å². The molecule has 0 radical (unpaired) electrons. The lowest BCUT2D eigenvalue weighted by Crippen LogP contribution is -2.39. The Balaban J connectivity index is 1.65. The molecule has 5 nitrogen and oxygen atoms in total. The summed E-state index contributed by atoms with van der Waals surface area (Å²) in [6, 6.07) is 2.86. The van der Waals surface area contributed by atoms with Crippen LogP contribution in [-0.2, 0) is 14.3 Å². The van der Waals surface area contributed by atoms with Gasteiger partial charge in [0.25, 0.3) is 10.1 Å². The van der Waals surface area contributed by atoms with Crippen LogP contribution in [0.5, 0.6) is 0 Å². The first kappa shape index (κ1) is 8.50. The van der Waals surface area contributed by atoms with Gasteiger partial charge in [0.05, 0.1) is 29.9 Å². The van der Waals surface area contributed by atoms with Crippen LogP contribution in [0.2, 0.25) is 0 Å². The third kappa shape index (κ3) is 0.769. The number of hydrogen-bond acceptors (Lipinski definition) is 5. The van der Waals surface area contributed by atoms with E-state index < -0.39 is 10.1 Å². The topological polar surface area (TPSA) is 89.1 Å². The molecule has 0 aromatic heterocycles. The van der Waals surface area contributed by atoms with Crippen molar-refractivity contribution >= 4 is 10.1 Å². The Morgan fingerprint density at radius 3 is 2.60 bits per heavy atom. The predicted molar refractivity (Wildman–Crippen MR) is 48.9 cm³/mol. The van der Waals surface area contributed by atoms with E-state index in [1.165, 1.54) is 0 Å². The molecular weight excluding hydrogens is 216 g/mol. The molecule has 4 saturated carbocycles. The molecule has 0 amide bonds. The Morgan fingerprint density at radius 1 is 1.33 bits per heavy atom. The van der Waals surface area contributed by atoms with Gasteiger partial charge in [0, 0.05) is 12.0 Å². The van der Waals surface area contributed by atoms with E-state index in [2.05, 4.69) is 11.4 Å². The van der Waals surface area contributed by atoms with Crippen LogP contribution in [0.3, 0.4) is 0 Å². The minimum absolute atomic E-state index is 0.165. The molecule has 80 valence electrons. The van der Waals surface area contributed by atoms with Crippen molar-refractivity contribution in [2.75, 3.05) is 6.26 Å². The fraction of sp³-hybridized carbons (Fsp3) is 0.889. The highest BCUT2D eigenvalue weighted by molar-refractivity contribution is 7.86. The maximum atomic E-state index is 11.1. The molecule has 5 fully saturated rings. The first-order valence-electron chi connectivity index (χ1n) is 5.06. The van der Waals surface area contributed by atoms with Crippen molar-refractivity contribution in [1.29, 1.82) is 5.26 Å². The highest BCUT2D eigenvalue weighted by Crippen LogP contribution is 2.90. The molecular formula is C9H10N2O3S. The molecule has 0 aromatic carbocycles. The second-order valence-electron chi connectivity index (χ2n) is 5.11. The molecule has 2 bridgehead atoms.